The van der Waals surface area contributed by atoms with E-state index < -0.39 is 57.8 Å². The molecular weight excluding hydrogens is 880 g/mol. The summed E-state index contributed by atoms with van der Waals surface area (Å²) in [6.45, 7) is 4.32. The Balaban J connectivity index is 4.80. The third kappa shape index (κ3) is 47.7. The van der Waals surface area contributed by atoms with Gasteiger partial charge in [0.05, 0.1) is 19.8 Å². The van der Waals surface area contributed by atoms with E-state index in [-0.39, 0.29) is 25.9 Å². The maximum Gasteiger partial charge on any atom is 0.472 e. The van der Waals surface area contributed by atoms with Crippen LogP contribution in [0.25, 0.3) is 0 Å². The molecule has 390 valence electrons. The Labute approximate surface area is 413 Å². The van der Waals surface area contributed by atoms with Crippen LogP contribution in [0.2, 0.25) is 0 Å². The van der Waals surface area contributed by atoms with Crippen LogP contribution >= 0.6 is 7.82 Å². The number of phosphoric acid groups is 1. The fourth-order valence-corrected chi connectivity index (χ4v) is 7.57. The lowest BCUT2D eigenvalue weighted by Gasteiger charge is -2.21. The van der Waals surface area contributed by atoms with Crippen LogP contribution in [0, 0.1) is 0 Å². The molecule has 0 aromatic rings. The lowest BCUT2D eigenvalue weighted by atomic mass is 10.1. The molecule has 0 spiro atoms. The Bertz CT molecular complexity index is 1460. The SMILES string of the molecule is CC/C=C\C/C=C\C/C=C\CCCCCCCC(=O)OCC(COP(=O)(O)OCC(CO)OC(=O)CCCCCCC/C=C\CCCCCC)OC(=O)CCCCC/C=C\C/C=C\C/C=C\CC. The summed E-state index contributed by atoms with van der Waals surface area (Å²) in [7, 11) is -4.76. The van der Waals surface area contributed by atoms with Crippen molar-refractivity contribution in [3.63, 3.8) is 0 Å². The molecule has 2 N–H and O–H groups in total. The van der Waals surface area contributed by atoms with E-state index >= 15 is 0 Å². The number of rotatable bonds is 48. The zero-order chi connectivity index (χ0) is 49.9. The van der Waals surface area contributed by atoms with Crippen LogP contribution in [-0.2, 0) is 42.2 Å². The largest absolute Gasteiger partial charge is 0.472 e. The maximum absolute atomic E-state index is 12.9. The first-order chi connectivity index (χ1) is 33.2. The highest BCUT2D eigenvalue weighted by molar-refractivity contribution is 7.47. The highest BCUT2D eigenvalue weighted by Gasteiger charge is 2.28. The molecule has 11 nitrogen and oxygen atoms in total. The Morgan fingerprint density at radius 1 is 0.426 bits per heavy atom. The minimum atomic E-state index is -4.76. The molecular formula is C56H95O11P. The molecule has 0 aliphatic rings. The van der Waals surface area contributed by atoms with Crippen molar-refractivity contribution in [2.45, 2.75) is 226 Å². The van der Waals surface area contributed by atoms with E-state index in [9.17, 15) is 28.9 Å². The summed E-state index contributed by atoms with van der Waals surface area (Å²) in [5.74, 6) is -1.54. The first kappa shape index (κ1) is 64.7. The average Bonchev–Trinajstić information content (AvgIpc) is 3.32. The molecule has 12 heteroatoms. The minimum absolute atomic E-state index is 0.125. The zero-order valence-electron chi connectivity index (χ0n) is 42.8. The Morgan fingerprint density at radius 3 is 1.21 bits per heavy atom. The van der Waals surface area contributed by atoms with Crippen molar-refractivity contribution >= 4 is 25.7 Å². The van der Waals surface area contributed by atoms with Gasteiger partial charge in [-0.25, -0.2) is 4.57 Å². The molecule has 0 heterocycles. The quantitative estimate of drug-likeness (QED) is 0.0197. The molecule has 0 aliphatic carbocycles. The van der Waals surface area contributed by atoms with Crippen LogP contribution in [0.5, 0.6) is 0 Å². The summed E-state index contributed by atoms with van der Waals surface area (Å²) in [4.78, 5) is 48.3. The van der Waals surface area contributed by atoms with Gasteiger partial charge in [0.1, 0.15) is 12.7 Å². The number of aliphatic hydroxyl groups excluding tert-OH is 1. The molecule has 0 aromatic heterocycles. The van der Waals surface area contributed by atoms with Crippen LogP contribution in [0.15, 0.2) is 85.1 Å². The number of ether oxygens (including phenoxy) is 3. The van der Waals surface area contributed by atoms with Crippen molar-refractivity contribution in [2.75, 3.05) is 26.4 Å². The van der Waals surface area contributed by atoms with Crippen LogP contribution in [-0.4, -0.2) is 66.5 Å². The highest BCUT2D eigenvalue weighted by atomic mass is 31.2. The number of unbranched alkanes of at least 4 members (excludes halogenated alkanes) is 17. The number of aliphatic hydroxyl groups is 1. The van der Waals surface area contributed by atoms with Gasteiger partial charge < -0.3 is 24.2 Å². The maximum atomic E-state index is 12.9. The van der Waals surface area contributed by atoms with Gasteiger partial charge in [-0.05, 0) is 109 Å². The first-order valence-corrected chi connectivity index (χ1v) is 28.0. The number of phosphoric ester groups is 1. The number of hydrogen-bond donors (Lipinski definition) is 2. The number of carbonyl (C=O) groups is 3. The molecule has 3 atom stereocenters. The number of carbonyl (C=O) groups excluding carboxylic acids is 3. The second-order valence-corrected chi connectivity index (χ2v) is 18.7. The van der Waals surface area contributed by atoms with E-state index in [1.807, 2.05) is 0 Å². The van der Waals surface area contributed by atoms with E-state index in [2.05, 4.69) is 106 Å². The van der Waals surface area contributed by atoms with Gasteiger partial charge in [-0.15, -0.1) is 0 Å². The molecule has 3 unspecified atom stereocenters. The molecule has 0 radical (unpaired) electrons. The molecule has 0 amide bonds. The molecule has 0 aromatic carbocycles. The van der Waals surface area contributed by atoms with Crippen LogP contribution in [0.3, 0.4) is 0 Å². The summed E-state index contributed by atoms with van der Waals surface area (Å²) >= 11 is 0. The van der Waals surface area contributed by atoms with Crippen LogP contribution in [0.1, 0.15) is 213 Å². The normalized spacial score (nSPS) is 14.1. The predicted octanol–water partition coefficient (Wildman–Crippen LogP) is 15.1. The molecule has 0 fully saturated rings. The fourth-order valence-electron chi connectivity index (χ4n) is 6.79. The number of allylic oxidation sites excluding steroid dienone is 14. The third-order valence-corrected chi connectivity index (χ3v) is 11.7. The molecule has 0 rings (SSSR count). The van der Waals surface area contributed by atoms with Crippen molar-refractivity contribution in [3.8, 4) is 0 Å². The fraction of sp³-hybridized carbons (Fsp3) is 0.696. The van der Waals surface area contributed by atoms with Gasteiger partial charge in [0, 0.05) is 19.3 Å². The van der Waals surface area contributed by atoms with Gasteiger partial charge in [-0.1, -0.05) is 170 Å². The minimum Gasteiger partial charge on any atom is -0.462 e. The summed E-state index contributed by atoms with van der Waals surface area (Å²) in [5.41, 5.74) is 0. The second kappa shape index (κ2) is 50.1. The van der Waals surface area contributed by atoms with Gasteiger partial charge in [-0.3, -0.25) is 23.4 Å². The Kier molecular flexibility index (Phi) is 47.6. The van der Waals surface area contributed by atoms with Crippen LogP contribution < -0.4 is 0 Å². The monoisotopic (exact) mass is 975 g/mol. The zero-order valence-corrected chi connectivity index (χ0v) is 43.7. The lowest BCUT2D eigenvalue weighted by molar-refractivity contribution is -0.161. The molecule has 0 saturated carbocycles. The number of esters is 3. The standard InChI is InChI=1S/C56H95O11P/c1-4-7-10-13-16-19-22-25-26-29-30-33-36-39-42-45-54(58)63-49-53(67-56(60)47-44-41-38-35-32-28-24-21-18-15-12-9-6-3)51-65-68(61,62)64-50-52(48-57)66-55(59)46-43-40-37-34-31-27-23-20-17-14-11-8-5-2/h7,9-10,12,16,18-21,23,25-26,28,32,52-53,57H,4-6,8,11,13-15,17,22,24,27,29-31,33-51H2,1-3H3,(H,61,62)/b10-7-,12-9-,19-16-,21-18-,23-20-,26-25-,32-28-. The van der Waals surface area contributed by atoms with E-state index in [0.29, 0.717) is 19.3 Å². The molecule has 0 bridgehead atoms. The van der Waals surface area contributed by atoms with Crippen molar-refractivity contribution in [3.05, 3.63) is 85.1 Å². The number of hydrogen-bond acceptors (Lipinski definition) is 10. The average molecular weight is 975 g/mol. The molecule has 0 saturated heterocycles. The second-order valence-electron chi connectivity index (χ2n) is 17.3. The van der Waals surface area contributed by atoms with Gasteiger partial charge in [0.2, 0.25) is 0 Å². The van der Waals surface area contributed by atoms with Crippen molar-refractivity contribution in [1.82, 2.24) is 0 Å². The van der Waals surface area contributed by atoms with Crippen molar-refractivity contribution in [1.29, 1.82) is 0 Å². The summed E-state index contributed by atoms with van der Waals surface area (Å²) < 4.78 is 39.3. The van der Waals surface area contributed by atoms with E-state index in [0.717, 1.165) is 128 Å². The third-order valence-electron chi connectivity index (χ3n) is 10.8. The van der Waals surface area contributed by atoms with E-state index in [4.69, 9.17) is 23.3 Å². The van der Waals surface area contributed by atoms with Gasteiger partial charge in [-0.2, -0.15) is 0 Å². The lowest BCUT2D eigenvalue weighted by Crippen LogP contribution is -2.30. The van der Waals surface area contributed by atoms with Gasteiger partial charge in [0.25, 0.3) is 0 Å². The van der Waals surface area contributed by atoms with Gasteiger partial charge >= 0.3 is 25.7 Å². The van der Waals surface area contributed by atoms with Crippen molar-refractivity contribution in [2.24, 2.45) is 0 Å². The van der Waals surface area contributed by atoms with Crippen LogP contribution in [0.4, 0.5) is 0 Å². The summed E-state index contributed by atoms with van der Waals surface area (Å²) in [6.07, 6.45) is 55.5. The van der Waals surface area contributed by atoms with Crippen molar-refractivity contribution < 1.29 is 52.2 Å². The molecule has 68 heavy (non-hydrogen) atoms. The first-order valence-electron chi connectivity index (χ1n) is 26.5. The van der Waals surface area contributed by atoms with Gasteiger partial charge in [0.15, 0.2) is 6.10 Å². The smallest absolute Gasteiger partial charge is 0.462 e. The molecule has 0 aliphatic heterocycles. The summed E-state index contributed by atoms with van der Waals surface area (Å²) in [6, 6.07) is 0. The summed E-state index contributed by atoms with van der Waals surface area (Å²) in [5, 5.41) is 9.78. The highest BCUT2D eigenvalue weighted by Crippen LogP contribution is 2.43. The Morgan fingerprint density at radius 2 is 0.765 bits per heavy atom. The topological polar surface area (TPSA) is 155 Å². The van der Waals surface area contributed by atoms with E-state index in [1.54, 1.807) is 0 Å². The Hall–Kier alpha value is -3.34. The van der Waals surface area contributed by atoms with E-state index in [1.165, 1.54) is 25.7 Å². The predicted molar refractivity (Wildman–Crippen MR) is 279 cm³/mol.